The fourth-order valence-corrected chi connectivity index (χ4v) is 7.35. The number of fused-ring (bicyclic) bond motifs is 2. The molecular formula is C34H38ClN7O3. The number of likely N-dealkylation sites (N-methyl/N-ethyl adjacent to an activating group) is 1. The van der Waals surface area contributed by atoms with Gasteiger partial charge in [-0.05, 0) is 49.9 Å². The highest BCUT2D eigenvalue weighted by Crippen LogP contribution is 2.38. The lowest BCUT2D eigenvalue weighted by atomic mass is 10.0. The van der Waals surface area contributed by atoms with Crippen LogP contribution >= 0.6 is 11.6 Å². The summed E-state index contributed by atoms with van der Waals surface area (Å²) in [6.07, 6.45) is 4.32. The number of anilines is 2. The molecule has 0 N–H and O–H groups in total. The van der Waals surface area contributed by atoms with Gasteiger partial charge < -0.3 is 29.0 Å². The van der Waals surface area contributed by atoms with Gasteiger partial charge in [0.1, 0.15) is 18.0 Å². The lowest BCUT2D eigenvalue weighted by molar-refractivity contribution is -0.128. The predicted octanol–water partition coefficient (Wildman–Crippen LogP) is 4.21. The molecule has 1 unspecified atom stereocenters. The number of hydrogen-bond acceptors (Lipinski definition) is 8. The van der Waals surface area contributed by atoms with Crippen LogP contribution in [0.15, 0.2) is 49.1 Å². The van der Waals surface area contributed by atoms with Crippen molar-refractivity contribution in [2.45, 2.75) is 50.0 Å². The standard InChI is InChI=1S/C34H38ClN7O3/c1-4-31(43)42-16-15-41(18-24(42)17-36-2)33-25-13-14-40(28-10-6-8-22-7-5-9-26(35)32(22)28)19-27(25)37-34(38-33)45-30-21-44-20-29(30)39(3)23-11-12-23/h4-10,23-24,29-30H,1,11-21H2,3H3/t24?,29-,30+/m0/s1. The zero-order chi connectivity index (χ0) is 31.1. The Morgan fingerprint density at radius 2 is 2.00 bits per heavy atom. The lowest BCUT2D eigenvalue weighted by Gasteiger charge is -2.41. The minimum atomic E-state index is -0.255. The van der Waals surface area contributed by atoms with Gasteiger partial charge in [0.15, 0.2) is 0 Å². The molecule has 10 nitrogen and oxygen atoms in total. The molecule has 234 valence electrons. The first-order valence-electron chi connectivity index (χ1n) is 15.7. The lowest BCUT2D eigenvalue weighted by Crippen LogP contribution is -2.56. The van der Waals surface area contributed by atoms with E-state index >= 15 is 0 Å². The van der Waals surface area contributed by atoms with Gasteiger partial charge in [0, 0.05) is 48.9 Å². The molecule has 2 aromatic carbocycles. The zero-order valence-corrected chi connectivity index (χ0v) is 26.3. The number of piperazine rings is 1. The van der Waals surface area contributed by atoms with E-state index in [-0.39, 0.29) is 30.6 Å². The minimum absolute atomic E-state index is 0.145. The van der Waals surface area contributed by atoms with Crippen LogP contribution in [0.3, 0.4) is 0 Å². The molecule has 3 aliphatic heterocycles. The highest BCUT2D eigenvalue weighted by atomic mass is 35.5. The van der Waals surface area contributed by atoms with Crippen molar-refractivity contribution >= 4 is 39.8 Å². The first kappa shape index (κ1) is 29.8. The van der Waals surface area contributed by atoms with E-state index in [1.54, 1.807) is 4.90 Å². The summed E-state index contributed by atoms with van der Waals surface area (Å²) in [5, 5.41) is 2.86. The Morgan fingerprint density at radius 3 is 2.78 bits per heavy atom. The van der Waals surface area contributed by atoms with Gasteiger partial charge in [-0.25, -0.2) is 6.57 Å². The van der Waals surface area contributed by atoms with E-state index in [0.717, 1.165) is 51.5 Å². The summed E-state index contributed by atoms with van der Waals surface area (Å²) in [4.78, 5) is 35.0. The van der Waals surface area contributed by atoms with Crippen molar-refractivity contribution in [3.05, 3.63) is 76.8 Å². The van der Waals surface area contributed by atoms with Gasteiger partial charge >= 0.3 is 6.01 Å². The molecule has 11 heteroatoms. The number of carbonyl (C=O) groups excluding carboxylic acids is 1. The summed E-state index contributed by atoms with van der Waals surface area (Å²) in [7, 11) is 2.15. The average Bonchev–Trinajstić information content (AvgIpc) is 3.82. The first-order valence-corrected chi connectivity index (χ1v) is 16.1. The fourth-order valence-electron chi connectivity index (χ4n) is 7.07. The van der Waals surface area contributed by atoms with Crippen LogP contribution in [0.5, 0.6) is 6.01 Å². The van der Waals surface area contributed by atoms with Crippen LogP contribution < -0.4 is 14.5 Å². The fraction of sp³-hybridized carbons (Fsp3) is 0.471. The number of rotatable bonds is 8. The number of aromatic nitrogens is 2. The van der Waals surface area contributed by atoms with Crippen LogP contribution in [-0.2, 0) is 22.5 Å². The van der Waals surface area contributed by atoms with Crippen LogP contribution in [0.25, 0.3) is 15.6 Å². The third-order valence-electron chi connectivity index (χ3n) is 9.64. The van der Waals surface area contributed by atoms with Gasteiger partial charge in [0.2, 0.25) is 12.5 Å². The Bertz CT molecular complexity index is 1650. The third-order valence-corrected chi connectivity index (χ3v) is 9.95. The molecule has 0 radical (unpaired) electrons. The van der Waals surface area contributed by atoms with Crippen LogP contribution in [0.2, 0.25) is 5.02 Å². The monoisotopic (exact) mass is 627 g/mol. The first-order chi connectivity index (χ1) is 21.9. The summed E-state index contributed by atoms with van der Waals surface area (Å²) < 4.78 is 12.5. The molecule has 1 aliphatic carbocycles. The van der Waals surface area contributed by atoms with Crippen LogP contribution in [0, 0.1) is 6.57 Å². The van der Waals surface area contributed by atoms with Crippen molar-refractivity contribution in [3.8, 4) is 6.01 Å². The summed E-state index contributed by atoms with van der Waals surface area (Å²) in [6.45, 7) is 15.5. The van der Waals surface area contributed by atoms with Crippen LogP contribution in [-0.4, -0.2) is 103 Å². The van der Waals surface area contributed by atoms with E-state index in [0.29, 0.717) is 51.4 Å². The zero-order valence-electron chi connectivity index (χ0n) is 25.6. The summed E-state index contributed by atoms with van der Waals surface area (Å²) in [6, 6.07) is 13.1. The largest absolute Gasteiger partial charge is 0.456 e. The molecule has 1 amide bonds. The second kappa shape index (κ2) is 12.5. The van der Waals surface area contributed by atoms with Gasteiger partial charge in [0.25, 0.3) is 0 Å². The van der Waals surface area contributed by atoms with E-state index < -0.39 is 0 Å². The van der Waals surface area contributed by atoms with Crippen molar-refractivity contribution in [1.82, 2.24) is 19.8 Å². The minimum Gasteiger partial charge on any atom is -0.456 e. The van der Waals surface area contributed by atoms with Gasteiger partial charge in [-0.3, -0.25) is 9.69 Å². The molecule has 45 heavy (non-hydrogen) atoms. The molecule has 2 saturated heterocycles. The number of nitrogens with zero attached hydrogens (tertiary/aromatic N) is 7. The molecule has 7 rings (SSSR count). The second-order valence-electron chi connectivity index (χ2n) is 12.4. The molecule has 0 spiro atoms. The molecular weight excluding hydrogens is 590 g/mol. The maximum atomic E-state index is 12.6. The SMILES string of the molecule is [C-]#[N+]CC1CN(c2nc(O[C@@H]3COC[C@@H]3N(C)C3CC3)nc3c2CCN(c2cccc4cccc(Cl)c24)C3)CCN1C(=O)C=C. The summed E-state index contributed by atoms with van der Waals surface area (Å²) in [5.74, 6) is 0.686. The van der Waals surface area contributed by atoms with Gasteiger partial charge in [-0.2, -0.15) is 9.97 Å². The molecule has 3 fully saturated rings. The number of halogens is 1. The number of amides is 1. The van der Waals surface area contributed by atoms with Crippen molar-refractivity contribution in [1.29, 1.82) is 0 Å². The Labute approximate surface area is 269 Å². The molecule has 1 saturated carbocycles. The van der Waals surface area contributed by atoms with E-state index in [4.69, 9.17) is 37.6 Å². The van der Waals surface area contributed by atoms with E-state index in [1.807, 2.05) is 12.1 Å². The molecule has 4 aliphatic rings. The average molecular weight is 628 g/mol. The highest BCUT2D eigenvalue weighted by Gasteiger charge is 2.41. The Kier molecular flexibility index (Phi) is 8.25. The molecule has 0 bridgehead atoms. The van der Waals surface area contributed by atoms with E-state index in [9.17, 15) is 4.79 Å². The molecule has 1 aromatic heterocycles. The summed E-state index contributed by atoms with van der Waals surface area (Å²) in [5.41, 5.74) is 3.09. The second-order valence-corrected chi connectivity index (χ2v) is 12.8. The number of ether oxygens (including phenoxy) is 2. The van der Waals surface area contributed by atoms with Crippen LogP contribution in [0.1, 0.15) is 24.1 Å². The predicted molar refractivity (Wildman–Crippen MR) is 175 cm³/mol. The Hall–Kier alpha value is -3.91. The van der Waals surface area contributed by atoms with E-state index in [1.165, 1.54) is 18.9 Å². The maximum Gasteiger partial charge on any atom is 0.319 e. The third kappa shape index (κ3) is 5.81. The van der Waals surface area contributed by atoms with Crippen molar-refractivity contribution in [2.75, 3.05) is 62.8 Å². The van der Waals surface area contributed by atoms with Gasteiger partial charge in [0.05, 0.1) is 36.5 Å². The number of benzene rings is 2. The number of hydrogen-bond donors (Lipinski definition) is 0. The Balaban J connectivity index is 1.24. The van der Waals surface area contributed by atoms with Gasteiger partial charge in [-0.1, -0.05) is 42.4 Å². The van der Waals surface area contributed by atoms with Crippen molar-refractivity contribution < 1.29 is 14.3 Å². The summed E-state index contributed by atoms with van der Waals surface area (Å²) >= 11 is 6.73. The molecule has 3 aromatic rings. The van der Waals surface area contributed by atoms with Crippen molar-refractivity contribution in [2.24, 2.45) is 0 Å². The normalized spacial score (nSPS) is 23.2. The topological polar surface area (TPSA) is 78.6 Å². The molecule has 3 atom stereocenters. The van der Waals surface area contributed by atoms with Gasteiger partial charge in [-0.15, -0.1) is 0 Å². The van der Waals surface area contributed by atoms with E-state index in [2.05, 4.69) is 57.4 Å². The smallest absolute Gasteiger partial charge is 0.319 e. The molecule has 4 heterocycles. The quantitative estimate of drug-likeness (QED) is 0.272. The highest BCUT2D eigenvalue weighted by molar-refractivity contribution is 6.36. The maximum absolute atomic E-state index is 12.6. The van der Waals surface area contributed by atoms with Crippen LogP contribution in [0.4, 0.5) is 11.5 Å². The van der Waals surface area contributed by atoms with Crippen molar-refractivity contribution in [3.63, 3.8) is 0 Å². The Morgan fingerprint density at radius 1 is 1.18 bits per heavy atom. The number of carbonyl (C=O) groups is 1.